The minimum atomic E-state index is -1.04. The van der Waals surface area contributed by atoms with Crippen molar-refractivity contribution in [3.8, 4) is 0 Å². The predicted octanol–water partition coefficient (Wildman–Crippen LogP) is 3.51. The van der Waals surface area contributed by atoms with E-state index in [1.54, 1.807) is 41.3 Å². The second-order valence-electron chi connectivity index (χ2n) is 6.41. The molecule has 1 heterocycles. The molecule has 1 fully saturated rings. The van der Waals surface area contributed by atoms with E-state index in [-0.39, 0.29) is 17.2 Å². The fourth-order valence-corrected chi connectivity index (χ4v) is 3.10. The molecular weight excluding hydrogens is 360 g/mol. The molecule has 0 aromatic heterocycles. The molecule has 7 heteroatoms. The fraction of sp³-hybridized carbons (Fsp3) is 0.238. The Balaban J connectivity index is 1.78. The van der Waals surface area contributed by atoms with Crippen LogP contribution in [0.15, 0.2) is 60.7 Å². The van der Waals surface area contributed by atoms with Crippen LogP contribution in [0.25, 0.3) is 6.08 Å². The van der Waals surface area contributed by atoms with Crippen LogP contribution in [0, 0.1) is 10.1 Å². The van der Waals surface area contributed by atoms with Crippen molar-refractivity contribution in [2.75, 3.05) is 13.1 Å². The summed E-state index contributed by atoms with van der Waals surface area (Å²) in [7, 11) is 0. The lowest BCUT2D eigenvalue weighted by Gasteiger charge is -2.23. The molecule has 7 nitrogen and oxygen atoms in total. The van der Waals surface area contributed by atoms with Crippen molar-refractivity contribution in [2.24, 2.45) is 0 Å². The number of nitro groups is 1. The summed E-state index contributed by atoms with van der Waals surface area (Å²) in [5.41, 5.74) is 0.762. The third-order valence-corrected chi connectivity index (χ3v) is 4.51. The summed E-state index contributed by atoms with van der Waals surface area (Å²) >= 11 is 0. The number of para-hydroxylation sites is 1. The van der Waals surface area contributed by atoms with Crippen molar-refractivity contribution >= 4 is 23.6 Å². The first-order chi connectivity index (χ1) is 13.6. The summed E-state index contributed by atoms with van der Waals surface area (Å²) in [4.78, 5) is 37.4. The first-order valence-corrected chi connectivity index (χ1v) is 9.02. The first-order valence-electron chi connectivity index (χ1n) is 9.02. The van der Waals surface area contributed by atoms with Crippen molar-refractivity contribution in [1.29, 1.82) is 0 Å². The van der Waals surface area contributed by atoms with Crippen molar-refractivity contribution in [3.05, 3.63) is 81.9 Å². The van der Waals surface area contributed by atoms with Gasteiger partial charge in [0.25, 0.3) is 11.6 Å². The molecule has 1 saturated heterocycles. The van der Waals surface area contributed by atoms with Gasteiger partial charge >= 0.3 is 5.97 Å². The molecule has 0 spiro atoms. The lowest BCUT2D eigenvalue weighted by atomic mass is 10.1. The normalized spacial score (nSPS) is 14.8. The SMILES string of the molecule is O=C(/C=C/c1ccccc1[N+](=O)[O-])O[C@H](C(=O)N1CCCC1)c1ccccc1. The van der Waals surface area contributed by atoms with E-state index in [2.05, 4.69) is 0 Å². The van der Waals surface area contributed by atoms with Crippen LogP contribution in [-0.4, -0.2) is 34.8 Å². The number of carbonyl (C=O) groups excluding carboxylic acids is 2. The van der Waals surface area contributed by atoms with Crippen LogP contribution in [0.2, 0.25) is 0 Å². The Morgan fingerprint density at radius 3 is 2.36 bits per heavy atom. The molecule has 2 aromatic carbocycles. The van der Waals surface area contributed by atoms with E-state index in [4.69, 9.17) is 4.74 Å². The molecule has 2 aromatic rings. The summed E-state index contributed by atoms with van der Waals surface area (Å²) in [6.07, 6.45) is 3.25. The van der Waals surface area contributed by atoms with E-state index in [0.29, 0.717) is 18.7 Å². The Labute approximate surface area is 162 Å². The molecule has 0 saturated carbocycles. The van der Waals surface area contributed by atoms with E-state index in [9.17, 15) is 19.7 Å². The lowest BCUT2D eigenvalue weighted by Crippen LogP contribution is -2.34. The zero-order chi connectivity index (χ0) is 19.9. The number of esters is 1. The standard InChI is InChI=1S/C21H20N2O5/c24-19(13-12-16-8-4-5-11-18(16)23(26)27)28-20(17-9-2-1-3-10-17)21(25)22-14-6-7-15-22/h1-5,8-13,20H,6-7,14-15H2/b13-12+/t20-/m0/s1. The van der Waals surface area contributed by atoms with E-state index >= 15 is 0 Å². The molecule has 28 heavy (non-hydrogen) atoms. The largest absolute Gasteiger partial charge is 0.444 e. The highest BCUT2D eigenvalue weighted by Crippen LogP contribution is 2.24. The number of hydrogen-bond donors (Lipinski definition) is 0. The number of benzene rings is 2. The van der Waals surface area contributed by atoms with Gasteiger partial charge in [0, 0.05) is 30.8 Å². The summed E-state index contributed by atoms with van der Waals surface area (Å²) < 4.78 is 5.45. The lowest BCUT2D eigenvalue weighted by molar-refractivity contribution is -0.385. The molecule has 0 bridgehead atoms. The number of carbonyl (C=O) groups is 2. The number of hydrogen-bond acceptors (Lipinski definition) is 5. The quantitative estimate of drug-likeness (QED) is 0.331. The molecule has 1 aliphatic heterocycles. The summed E-state index contributed by atoms with van der Waals surface area (Å²) in [6, 6.07) is 14.9. The van der Waals surface area contributed by atoms with E-state index < -0.39 is 17.0 Å². The number of nitro benzene ring substituents is 1. The topological polar surface area (TPSA) is 89.7 Å². The number of amides is 1. The van der Waals surface area contributed by atoms with Crippen molar-refractivity contribution in [3.63, 3.8) is 0 Å². The maximum Gasteiger partial charge on any atom is 0.331 e. The van der Waals surface area contributed by atoms with Gasteiger partial charge in [0.1, 0.15) is 0 Å². The Bertz CT molecular complexity index is 889. The highest BCUT2D eigenvalue weighted by atomic mass is 16.6. The van der Waals surface area contributed by atoms with Crippen molar-refractivity contribution in [2.45, 2.75) is 18.9 Å². The van der Waals surface area contributed by atoms with Crippen LogP contribution in [0.1, 0.15) is 30.1 Å². The van der Waals surface area contributed by atoms with Crippen LogP contribution < -0.4 is 0 Å². The Morgan fingerprint density at radius 1 is 1.04 bits per heavy atom. The van der Waals surface area contributed by atoms with Gasteiger partial charge in [0.05, 0.1) is 10.5 Å². The second-order valence-corrected chi connectivity index (χ2v) is 6.41. The molecule has 3 rings (SSSR count). The van der Waals surface area contributed by atoms with Crippen LogP contribution in [0.4, 0.5) is 5.69 Å². The molecular formula is C21H20N2O5. The van der Waals surface area contributed by atoms with Gasteiger partial charge in [-0.25, -0.2) is 4.79 Å². The van der Waals surface area contributed by atoms with Gasteiger partial charge in [0.2, 0.25) is 6.10 Å². The van der Waals surface area contributed by atoms with Crippen LogP contribution in [0.5, 0.6) is 0 Å². The second kappa shape index (κ2) is 8.94. The van der Waals surface area contributed by atoms with Gasteiger partial charge in [-0.15, -0.1) is 0 Å². The molecule has 0 unspecified atom stereocenters. The number of nitrogens with zero attached hydrogens (tertiary/aromatic N) is 2. The molecule has 0 aliphatic carbocycles. The smallest absolute Gasteiger partial charge is 0.331 e. The summed E-state index contributed by atoms with van der Waals surface area (Å²) in [6.45, 7) is 1.29. The molecule has 144 valence electrons. The number of ether oxygens (including phenoxy) is 1. The third-order valence-electron chi connectivity index (χ3n) is 4.51. The van der Waals surface area contributed by atoms with Crippen molar-refractivity contribution < 1.29 is 19.2 Å². The van der Waals surface area contributed by atoms with E-state index in [1.165, 1.54) is 18.2 Å². The zero-order valence-electron chi connectivity index (χ0n) is 15.2. The zero-order valence-corrected chi connectivity index (χ0v) is 15.2. The Hall–Kier alpha value is -3.48. The highest BCUT2D eigenvalue weighted by molar-refractivity contribution is 5.91. The van der Waals surface area contributed by atoms with E-state index in [1.807, 2.05) is 6.07 Å². The van der Waals surface area contributed by atoms with E-state index in [0.717, 1.165) is 18.9 Å². The maximum atomic E-state index is 12.8. The van der Waals surface area contributed by atoms with Gasteiger partial charge in [-0.2, -0.15) is 0 Å². The van der Waals surface area contributed by atoms with Gasteiger partial charge in [-0.3, -0.25) is 14.9 Å². The summed E-state index contributed by atoms with van der Waals surface area (Å²) in [5, 5.41) is 11.1. The molecule has 1 aliphatic rings. The molecule has 1 amide bonds. The minimum Gasteiger partial charge on any atom is -0.444 e. The summed E-state index contributed by atoms with van der Waals surface area (Å²) in [5.74, 6) is -0.990. The minimum absolute atomic E-state index is 0.112. The van der Waals surface area contributed by atoms with Gasteiger partial charge in [-0.05, 0) is 25.0 Å². The number of rotatable bonds is 6. The average Bonchev–Trinajstić information content (AvgIpc) is 3.25. The molecule has 0 radical (unpaired) electrons. The predicted molar refractivity (Wildman–Crippen MR) is 103 cm³/mol. The molecule has 0 N–H and O–H groups in total. The monoisotopic (exact) mass is 380 g/mol. The highest BCUT2D eigenvalue weighted by Gasteiger charge is 2.30. The Morgan fingerprint density at radius 2 is 1.68 bits per heavy atom. The van der Waals surface area contributed by atoms with Crippen LogP contribution in [-0.2, 0) is 14.3 Å². The van der Waals surface area contributed by atoms with Crippen LogP contribution in [0.3, 0.4) is 0 Å². The maximum absolute atomic E-state index is 12.8. The third kappa shape index (κ3) is 4.62. The Kier molecular flexibility index (Phi) is 6.16. The number of likely N-dealkylation sites (tertiary alicyclic amines) is 1. The van der Waals surface area contributed by atoms with Gasteiger partial charge < -0.3 is 9.64 Å². The molecule has 1 atom stereocenters. The fourth-order valence-electron chi connectivity index (χ4n) is 3.10. The van der Waals surface area contributed by atoms with Crippen molar-refractivity contribution in [1.82, 2.24) is 4.90 Å². The van der Waals surface area contributed by atoms with Gasteiger partial charge in [-0.1, -0.05) is 42.5 Å². The van der Waals surface area contributed by atoms with Crippen LogP contribution >= 0.6 is 0 Å². The first kappa shape index (κ1) is 19.3. The average molecular weight is 380 g/mol. The van der Waals surface area contributed by atoms with Gasteiger partial charge in [0.15, 0.2) is 0 Å².